The van der Waals surface area contributed by atoms with Crippen LogP contribution in [0.2, 0.25) is 0 Å². The van der Waals surface area contributed by atoms with Crippen molar-refractivity contribution in [3.8, 4) is 11.5 Å². The lowest BCUT2D eigenvalue weighted by molar-refractivity contribution is 0.0954. The Labute approximate surface area is 124 Å². The molecule has 112 valence electrons. The lowest BCUT2D eigenvalue weighted by Crippen LogP contribution is -2.20. The molecular formula is C16H20N2O3. The van der Waals surface area contributed by atoms with Gasteiger partial charge in [0.25, 0.3) is 5.91 Å². The third kappa shape index (κ3) is 3.54. The average Bonchev–Trinajstić information content (AvgIpc) is 2.93. The second kappa shape index (κ2) is 6.61. The molecule has 0 unspecified atom stereocenters. The summed E-state index contributed by atoms with van der Waals surface area (Å²) in [5, 5.41) is 4.30. The van der Waals surface area contributed by atoms with Crippen molar-refractivity contribution in [1.82, 2.24) is 5.43 Å². The number of hydrogen-bond acceptors (Lipinski definition) is 4. The van der Waals surface area contributed by atoms with Crippen LogP contribution in [-0.2, 0) is 0 Å². The zero-order valence-corrected chi connectivity index (χ0v) is 12.1. The minimum absolute atomic E-state index is 0.206. The zero-order chi connectivity index (χ0) is 14.5. The Kier molecular flexibility index (Phi) is 4.38. The van der Waals surface area contributed by atoms with Crippen LogP contribution in [0, 0.1) is 0 Å². The van der Waals surface area contributed by atoms with Gasteiger partial charge in [0.1, 0.15) is 0 Å². The van der Waals surface area contributed by atoms with Gasteiger partial charge in [-0.15, -0.1) is 0 Å². The normalized spacial score (nSPS) is 17.8. The maximum Gasteiger partial charge on any atom is 0.271 e. The van der Waals surface area contributed by atoms with E-state index < -0.39 is 0 Å². The number of amides is 1. The SMILES string of the molecule is O=C(NN=C1CCCCCCC1)c1ccc2c(c1)OCO2. The minimum Gasteiger partial charge on any atom is -0.454 e. The predicted octanol–water partition coefficient (Wildman–Crippen LogP) is 3.25. The number of carbonyl (C=O) groups is 1. The topological polar surface area (TPSA) is 59.9 Å². The van der Waals surface area contributed by atoms with E-state index in [9.17, 15) is 4.79 Å². The summed E-state index contributed by atoms with van der Waals surface area (Å²) in [6, 6.07) is 5.16. The first-order valence-corrected chi connectivity index (χ1v) is 7.58. The van der Waals surface area contributed by atoms with Crippen LogP contribution in [0.4, 0.5) is 0 Å². The molecule has 0 aromatic heterocycles. The fourth-order valence-electron chi connectivity index (χ4n) is 2.66. The fraction of sp³-hybridized carbons (Fsp3) is 0.500. The molecule has 1 aliphatic heterocycles. The molecule has 0 bridgehead atoms. The van der Waals surface area contributed by atoms with E-state index in [0.717, 1.165) is 18.6 Å². The average molecular weight is 288 g/mol. The van der Waals surface area contributed by atoms with E-state index in [4.69, 9.17) is 9.47 Å². The molecule has 1 saturated carbocycles. The number of nitrogens with zero attached hydrogens (tertiary/aromatic N) is 1. The molecule has 0 spiro atoms. The van der Waals surface area contributed by atoms with Gasteiger partial charge in [0.05, 0.1) is 0 Å². The number of ether oxygens (including phenoxy) is 2. The largest absolute Gasteiger partial charge is 0.454 e. The standard InChI is InChI=1S/C16H20N2O3/c19-16(12-8-9-14-15(10-12)21-11-20-14)18-17-13-6-4-2-1-3-5-7-13/h8-10H,1-7,11H2,(H,18,19). The molecule has 1 amide bonds. The van der Waals surface area contributed by atoms with Gasteiger partial charge in [0, 0.05) is 11.3 Å². The molecule has 5 heteroatoms. The molecule has 0 atom stereocenters. The Morgan fingerprint density at radius 3 is 2.52 bits per heavy atom. The Morgan fingerprint density at radius 2 is 1.71 bits per heavy atom. The van der Waals surface area contributed by atoms with Crippen LogP contribution in [0.15, 0.2) is 23.3 Å². The molecule has 0 saturated heterocycles. The van der Waals surface area contributed by atoms with Gasteiger partial charge in [-0.05, 0) is 43.9 Å². The summed E-state index contributed by atoms with van der Waals surface area (Å²) in [6.07, 6.45) is 8.14. The van der Waals surface area contributed by atoms with Crippen LogP contribution >= 0.6 is 0 Å². The highest BCUT2D eigenvalue weighted by Crippen LogP contribution is 2.32. The van der Waals surface area contributed by atoms with Crippen molar-refractivity contribution < 1.29 is 14.3 Å². The summed E-state index contributed by atoms with van der Waals surface area (Å²) in [5.74, 6) is 1.09. The summed E-state index contributed by atoms with van der Waals surface area (Å²) in [4.78, 5) is 12.1. The first-order chi connectivity index (χ1) is 10.3. The summed E-state index contributed by atoms with van der Waals surface area (Å²) in [6.45, 7) is 0.211. The van der Waals surface area contributed by atoms with Crippen LogP contribution in [-0.4, -0.2) is 18.4 Å². The maximum atomic E-state index is 12.1. The van der Waals surface area contributed by atoms with E-state index in [0.29, 0.717) is 17.1 Å². The number of carbonyl (C=O) groups excluding carboxylic acids is 1. The number of fused-ring (bicyclic) bond motifs is 1. The molecule has 1 aromatic rings. The zero-order valence-electron chi connectivity index (χ0n) is 12.1. The van der Waals surface area contributed by atoms with Gasteiger partial charge < -0.3 is 9.47 Å². The molecule has 1 heterocycles. The van der Waals surface area contributed by atoms with Crippen molar-refractivity contribution in [3.05, 3.63) is 23.8 Å². The molecular weight excluding hydrogens is 268 g/mol. The summed E-state index contributed by atoms with van der Waals surface area (Å²) in [7, 11) is 0. The number of hydrogen-bond donors (Lipinski definition) is 1. The first-order valence-electron chi connectivity index (χ1n) is 7.58. The minimum atomic E-state index is -0.206. The lowest BCUT2D eigenvalue weighted by Gasteiger charge is -2.11. The van der Waals surface area contributed by atoms with Crippen LogP contribution in [0.1, 0.15) is 55.3 Å². The van der Waals surface area contributed by atoms with Gasteiger partial charge in [0.15, 0.2) is 11.5 Å². The van der Waals surface area contributed by atoms with Gasteiger partial charge in [-0.2, -0.15) is 5.10 Å². The van der Waals surface area contributed by atoms with E-state index in [1.807, 2.05) is 0 Å². The summed E-state index contributed by atoms with van der Waals surface area (Å²) >= 11 is 0. The highest BCUT2D eigenvalue weighted by atomic mass is 16.7. The van der Waals surface area contributed by atoms with Crippen LogP contribution < -0.4 is 14.9 Å². The van der Waals surface area contributed by atoms with Crippen molar-refractivity contribution in [1.29, 1.82) is 0 Å². The van der Waals surface area contributed by atoms with Crippen LogP contribution in [0.5, 0.6) is 11.5 Å². The molecule has 21 heavy (non-hydrogen) atoms. The lowest BCUT2D eigenvalue weighted by atomic mass is 9.99. The number of nitrogens with one attached hydrogen (secondary N) is 1. The third-order valence-corrected chi connectivity index (χ3v) is 3.88. The second-order valence-electron chi connectivity index (χ2n) is 5.45. The number of hydrazone groups is 1. The molecule has 1 aromatic carbocycles. The smallest absolute Gasteiger partial charge is 0.271 e. The van der Waals surface area contributed by atoms with E-state index in [1.54, 1.807) is 18.2 Å². The Balaban J connectivity index is 1.62. The highest BCUT2D eigenvalue weighted by molar-refractivity contribution is 5.96. The van der Waals surface area contributed by atoms with Crippen LogP contribution in [0.25, 0.3) is 0 Å². The van der Waals surface area contributed by atoms with Crippen molar-refractivity contribution in [3.63, 3.8) is 0 Å². The number of rotatable bonds is 2. The Bertz CT molecular complexity index is 544. The third-order valence-electron chi connectivity index (χ3n) is 3.88. The Morgan fingerprint density at radius 1 is 1.00 bits per heavy atom. The van der Waals surface area contributed by atoms with Gasteiger partial charge >= 0.3 is 0 Å². The fourth-order valence-corrected chi connectivity index (χ4v) is 2.66. The quantitative estimate of drug-likeness (QED) is 0.850. The van der Waals surface area contributed by atoms with E-state index in [1.165, 1.54) is 32.1 Å². The van der Waals surface area contributed by atoms with Crippen molar-refractivity contribution >= 4 is 11.6 Å². The highest BCUT2D eigenvalue weighted by Gasteiger charge is 2.16. The number of benzene rings is 1. The maximum absolute atomic E-state index is 12.1. The van der Waals surface area contributed by atoms with Crippen molar-refractivity contribution in [2.45, 2.75) is 44.9 Å². The van der Waals surface area contributed by atoms with E-state index in [-0.39, 0.29) is 12.7 Å². The van der Waals surface area contributed by atoms with E-state index in [2.05, 4.69) is 10.5 Å². The van der Waals surface area contributed by atoms with Crippen LogP contribution in [0.3, 0.4) is 0 Å². The van der Waals surface area contributed by atoms with Gasteiger partial charge in [-0.25, -0.2) is 5.43 Å². The van der Waals surface area contributed by atoms with Gasteiger partial charge in [0.2, 0.25) is 6.79 Å². The van der Waals surface area contributed by atoms with Crippen molar-refractivity contribution in [2.75, 3.05) is 6.79 Å². The molecule has 5 nitrogen and oxygen atoms in total. The molecule has 1 N–H and O–H groups in total. The molecule has 1 fully saturated rings. The predicted molar refractivity (Wildman–Crippen MR) is 79.8 cm³/mol. The Hall–Kier alpha value is -2.04. The van der Waals surface area contributed by atoms with Gasteiger partial charge in [-0.1, -0.05) is 19.3 Å². The molecule has 2 aliphatic rings. The molecule has 1 aliphatic carbocycles. The first kappa shape index (κ1) is 13.9. The second-order valence-corrected chi connectivity index (χ2v) is 5.45. The monoisotopic (exact) mass is 288 g/mol. The summed E-state index contributed by atoms with van der Waals surface area (Å²) in [5.41, 5.74) is 4.30. The molecule has 0 radical (unpaired) electrons. The van der Waals surface area contributed by atoms with E-state index >= 15 is 0 Å². The summed E-state index contributed by atoms with van der Waals surface area (Å²) < 4.78 is 10.5. The van der Waals surface area contributed by atoms with Crippen molar-refractivity contribution in [2.24, 2.45) is 5.10 Å². The molecule has 3 rings (SSSR count). The van der Waals surface area contributed by atoms with Gasteiger partial charge in [-0.3, -0.25) is 4.79 Å².